The first-order valence-corrected chi connectivity index (χ1v) is 12.3. The van der Waals surface area contributed by atoms with Crippen molar-refractivity contribution in [3.05, 3.63) is 64.2 Å². The number of carbonyl (C=O) groups excluding carboxylic acids is 1. The van der Waals surface area contributed by atoms with Crippen molar-refractivity contribution >= 4 is 28.7 Å². The van der Waals surface area contributed by atoms with Gasteiger partial charge in [-0.1, -0.05) is 12.1 Å². The molecule has 1 atom stereocenters. The van der Waals surface area contributed by atoms with Crippen molar-refractivity contribution in [2.45, 2.75) is 33.6 Å². The van der Waals surface area contributed by atoms with Crippen LogP contribution in [0.4, 0.5) is 11.5 Å². The summed E-state index contributed by atoms with van der Waals surface area (Å²) in [5.41, 5.74) is 4.69. The van der Waals surface area contributed by atoms with Crippen LogP contribution >= 0.6 is 11.3 Å². The first-order chi connectivity index (χ1) is 16.5. The second kappa shape index (κ2) is 9.34. The van der Waals surface area contributed by atoms with E-state index in [1.807, 2.05) is 68.6 Å². The minimum absolute atomic E-state index is 0.0310. The summed E-state index contributed by atoms with van der Waals surface area (Å²) in [6, 6.07) is 13.8. The molecule has 1 fully saturated rings. The number of aromatic nitrogens is 5. The third-order valence-electron chi connectivity index (χ3n) is 6.02. The van der Waals surface area contributed by atoms with Crippen molar-refractivity contribution in [1.29, 1.82) is 0 Å². The molecule has 4 aromatic rings. The van der Waals surface area contributed by atoms with E-state index in [-0.39, 0.29) is 11.8 Å². The first kappa shape index (κ1) is 22.2. The van der Waals surface area contributed by atoms with Crippen LogP contribution in [-0.4, -0.2) is 44.0 Å². The standard InChI is InChI=1S/C25H27N7OS/c1-16-12-17(2)32(30-16)24-10-9-23(28-29-24)31-11-5-7-20(14-31)25(33)27-21-8-4-6-19(13-21)22-15-34-18(3)26-22/h4,6,8-10,12-13,15,20H,5,7,11,14H2,1-3H3,(H,27,33). The van der Waals surface area contributed by atoms with Gasteiger partial charge >= 0.3 is 0 Å². The lowest BCUT2D eigenvalue weighted by molar-refractivity contribution is -0.120. The predicted molar refractivity (Wildman–Crippen MR) is 134 cm³/mol. The molecule has 8 nitrogen and oxygen atoms in total. The lowest BCUT2D eigenvalue weighted by atomic mass is 9.97. The quantitative estimate of drug-likeness (QED) is 0.457. The van der Waals surface area contributed by atoms with Gasteiger partial charge in [0.15, 0.2) is 11.6 Å². The molecule has 9 heteroatoms. The van der Waals surface area contributed by atoms with Crippen molar-refractivity contribution in [2.24, 2.45) is 5.92 Å². The molecule has 1 aliphatic rings. The summed E-state index contributed by atoms with van der Waals surface area (Å²) in [6.45, 7) is 7.42. The van der Waals surface area contributed by atoms with Gasteiger partial charge in [-0.2, -0.15) is 5.10 Å². The number of carbonyl (C=O) groups is 1. The van der Waals surface area contributed by atoms with Crippen LogP contribution in [0.15, 0.2) is 47.8 Å². The Morgan fingerprint density at radius 1 is 1.09 bits per heavy atom. The molecule has 1 saturated heterocycles. The molecular weight excluding hydrogens is 446 g/mol. The number of aryl methyl sites for hydroxylation is 3. The Labute approximate surface area is 202 Å². The van der Waals surface area contributed by atoms with Gasteiger partial charge in [0.1, 0.15) is 0 Å². The maximum atomic E-state index is 13.1. The van der Waals surface area contributed by atoms with E-state index in [0.717, 1.165) is 58.5 Å². The summed E-state index contributed by atoms with van der Waals surface area (Å²) in [5, 5.41) is 19.4. The molecular formula is C25H27N7OS. The van der Waals surface area contributed by atoms with Crippen molar-refractivity contribution < 1.29 is 4.79 Å². The van der Waals surface area contributed by atoms with Crippen molar-refractivity contribution in [1.82, 2.24) is 25.0 Å². The highest BCUT2D eigenvalue weighted by molar-refractivity contribution is 7.09. The molecule has 4 heterocycles. The zero-order chi connectivity index (χ0) is 23.7. The maximum Gasteiger partial charge on any atom is 0.229 e. The second-order valence-electron chi connectivity index (χ2n) is 8.70. The number of benzene rings is 1. The second-order valence-corrected chi connectivity index (χ2v) is 9.76. The average molecular weight is 474 g/mol. The number of nitrogens with zero attached hydrogens (tertiary/aromatic N) is 6. The van der Waals surface area contributed by atoms with Gasteiger partial charge in [-0.15, -0.1) is 21.5 Å². The molecule has 1 N–H and O–H groups in total. The Morgan fingerprint density at radius 2 is 1.91 bits per heavy atom. The van der Waals surface area contributed by atoms with Gasteiger partial charge in [-0.25, -0.2) is 9.67 Å². The van der Waals surface area contributed by atoms with Crippen LogP contribution in [-0.2, 0) is 4.79 Å². The van der Waals surface area contributed by atoms with Crippen molar-refractivity contribution in [3.63, 3.8) is 0 Å². The fourth-order valence-electron chi connectivity index (χ4n) is 4.36. The van der Waals surface area contributed by atoms with E-state index < -0.39 is 0 Å². The van der Waals surface area contributed by atoms with Gasteiger partial charge in [0.2, 0.25) is 5.91 Å². The number of thiazole rings is 1. The molecule has 174 valence electrons. The van der Waals surface area contributed by atoms with Crippen molar-refractivity contribution in [3.8, 4) is 17.1 Å². The van der Waals surface area contributed by atoms with Gasteiger partial charge in [0.05, 0.1) is 22.3 Å². The first-order valence-electron chi connectivity index (χ1n) is 11.4. The molecule has 1 aromatic carbocycles. The average Bonchev–Trinajstić information content (AvgIpc) is 3.43. The molecule has 5 rings (SSSR count). The van der Waals surface area contributed by atoms with E-state index in [0.29, 0.717) is 12.4 Å². The molecule has 34 heavy (non-hydrogen) atoms. The van der Waals surface area contributed by atoms with Crippen LogP contribution < -0.4 is 10.2 Å². The van der Waals surface area contributed by atoms with Crippen LogP contribution in [0.1, 0.15) is 29.2 Å². The third-order valence-corrected chi connectivity index (χ3v) is 6.80. The molecule has 1 amide bonds. The number of rotatable bonds is 5. The summed E-state index contributed by atoms with van der Waals surface area (Å²) in [4.78, 5) is 19.8. The third kappa shape index (κ3) is 4.70. The van der Waals surface area contributed by atoms with E-state index in [4.69, 9.17) is 0 Å². The fraction of sp³-hybridized carbons (Fsp3) is 0.320. The number of hydrogen-bond donors (Lipinski definition) is 1. The highest BCUT2D eigenvalue weighted by Gasteiger charge is 2.27. The highest BCUT2D eigenvalue weighted by Crippen LogP contribution is 2.26. The number of nitrogens with one attached hydrogen (secondary N) is 1. The van der Waals surface area contributed by atoms with Gasteiger partial charge in [-0.3, -0.25) is 4.79 Å². The zero-order valence-corrected chi connectivity index (χ0v) is 20.3. The Kier molecular flexibility index (Phi) is 6.10. The summed E-state index contributed by atoms with van der Waals surface area (Å²) in [5.74, 6) is 1.39. The number of piperidine rings is 1. The van der Waals surface area contributed by atoms with Crippen LogP contribution in [0, 0.1) is 26.7 Å². The highest BCUT2D eigenvalue weighted by atomic mass is 32.1. The van der Waals surface area contributed by atoms with E-state index in [1.165, 1.54) is 0 Å². The van der Waals surface area contributed by atoms with Crippen LogP contribution in [0.2, 0.25) is 0 Å². The number of amides is 1. The topological polar surface area (TPSA) is 88.8 Å². The van der Waals surface area contributed by atoms with E-state index in [9.17, 15) is 4.79 Å². The number of anilines is 2. The van der Waals surface area contributed by atoms with Gasteiger partial charge < -0.3 is 10.2 Å². The van der Waals surface area contributed by atoms with E-state index in [1.54, 1.807) is 16.0 Å². The molecule has 0 saturated carbocycles. The van der Waals surface area contributed by atoms with Crippen LogP contribution in [0.5, 0.6) is 0 Å². The molecule has 0 spiro atoms. The normalized spacial score (nSPS) is 16.0. The van der Waals surface area contributed by atoms with Crippen LogP contribution in [0.25, 0.3) is 17.1 Å². The lowest BCUT2D eigenvalue weighted by Gasteiger charge is -2.32. The summed E-state index contributed by atoms with van der Waals surface area (Å²) < 4.78 is 1.79. The molecule has 0 radical (unpaired) electrons. The van der Waals surface area contributed by atoms with Gasteiger partial charge in [0.25, 0.3) is 0 Å². The molecule has 3 aromatic heterocycles. The molecule has 0 bridgehead atoms. The van der Waals surface area contributed by atoms with E-state index in [2.05, 4.69) is 30.5 Å². The van der Waals surface area contributed by atoms with E-state index >= 15 is 0 Å². The summed E-state index contributed by atoms with van der Waals surface area (Å²) >= 11 is 1.62. The molecule has 0 aliphatic carbocycles. The minimum atomic E-state index is -0.114. The Balaban J connectivity index is 1.25. The molecule has 1 aliphatic heterocycles. The minimum Gasteiger partial charge on any atom is -0.354 e. The smallest absolute Gasteiger partial charge is 0.229 e. The van der Waals surface area contributed by atoms with Crippen LogP contribution in [0.3, 0.4) is 0 Å². The summed E-state index contributed by atoms with van der Waals surface area (Å²) in [7, 11) is 0. The Bertz CT molecular complexity index is 1310. The van der Waals surface area contributed by atoms with Crippen molar-refractivity contribution in [2.75, 3.05) is 23.3 Å². The van der Waals surface area contributed by atoms with Gasteiger partial charge in [0, 0.05) is 35.4 Å². The Hall–Kier alpha value is -3.59. The fourth-order valence-corrected chi connectivity index (χ4v) is 4.98. The predicted octanol–water partition coefficient (Wildman–Crippen LogP) is 4.57. The summed E-state index contributed by atoms with van der Waals surface area (Å²) in [6.07, 6.45) is 1.78. The number of hydrogen-bond acceptors (Lipinski definition) is 7. The largest absolute Gasteiger partial charge is 0.354 e. The Morgan fingerprint density at radius 3 is 2.62 bits per heavy atom. The monoisotopic (exact) mass is 473 g/mol. The lowest BCUT2D eigenvalue weighted by Crippen LogP contribution is -2.41. The van der Waals surface area contributed by atoms with Gasteiger partial charge in [-0.05, 0) is 63.9 Å². The zero-order valence-electron chi connectivity index (χ0n) is 19.5. The molecule has 1 unspecified atom stereocenters. The SMILES string of the molecule is Cc1cc(C)n(-c2ccc(N3CCCC(C(=O)Nc4cccc(-c5csc(C)n5)c4)C3)nn2)n1. The maximum absolute atomic E-state index is 13.1.